The molecule has 0 radical (unpaired) electrons. The molecule has 2 aromatic rings. The molecule has 0 bridgehead atoms. The maximum atomic E-state index is 5.38. The molecule has 1 saturated heterocycles. The SMILES string of the molecule is CCc1nc(CN2CCC(CNC(=NC)NCc3ccc(OC)c(OC)c3)CC2)cs1.I. The summed E-state index contributed by atoms with van der Waals surface area (Å²) in [4.78, 5) is 11.6. The number of nitrogens with one attached hydrogen (secondary N) is 2. The standard InChI is InChI=1S/C23H35N5O2S.HI/c1-5-22-27-19(16-31-22)15-28-10-8-17(9-11-28)13-25-23(24-2)26-14-18-6-7-20(29-3)21(12-18)30-4;/h6-7,12,16-17H,5,8-11,13-15H2,1-4H3,(H2,24,25,26);1H. The van der Waals surface area contributed by atoms with E-state index in [1.807, 2.05) is 25.2 Å². The molecule has 0 unspecified atom stereocenters. The lowest BCUT2D eigenvalue weighted by atomic mass is 9.97. The number of halogens is 1. The van der Waals surface area contributed by atoms with E-state index in [9.17, 15) is 0 Å². The van der Waals surface area contributed by atoms with Crippen LogP contribution in [0.15, 0.2) is 28.6 Å². The quantitative estimate of drug-likeness (QED) is 0.269. The summed E-state index contributed by atoms with van der Waals surface area (Å²) < 4.78 is 10.7. The number of piperidine rings is 1. The molecule has 1 aromatic carbocycles. The molecular formula is C23H36IN5O2S. The van der Waals surface area contributed by atoms with Crippen LogP contribution in [0.1, 0.15) is 36.0 Å². The van der Waals surface area contributed by atoms with Crippen molar-refractivity contribution in [3.63, 3.8) is 0 Å². The molecule has 1 aliphatic heterocycles. The fraction of sp³-hybridized carbons (Fsp3) is 0.565. The Labute approximate surface area is 213 Å². The second kappa shape index (κ2) is 13.8. The van der Waals surface area contributed by atoms with Crippen LogP contribution in [0, 0.1) is 5.92 Å². The number of ether oxygens (including phenoxy) is 2. The third-order valence-corrected chi connectivity index (χ3v) is 6.73. The number of aryl methyl sites for hydroxylation is 1. The van der Waals surface area contributed by atoms with Crippen molar-refractivity contribution < 1.29 is 9.47 Å². The molecule has 178 valence electrons. The van der Waals surface area contributed by atoms with Crippen molar-refractivity contribution >= 4 is 41.3 Å². The van der Waals surface area contributed by atoms with Gasteiger partial charge in [0.2, 0.25) is 0 Å². The first kappa shape index (κ1) is 26.7. The Kier molecular flexibility index (Phi) is 11.5. The van der Waals surface area contributed by atoms with Crippen LogP contribution >= 0.6 is 35.3 Å². The van der Waals surface area contributed by atoms with E-state index in [1.165, 1.54) is 23.5 Å². The number of thiazole rings is 1. The number of nitrogens with zero attached hydrogens (tertiary/aromatic N) is 3. The summed E-state index contributed by atoms with van der Waals surface area (Å²) in [7, 11) is 5.11. The minimum atomic E-state index is 0. The van der Waals surface area contributed by atoms with Crippen molar-refractivity contribution in [2.75, 3.05) is 40.9 Å². The van der Waals surface area contributed by atoms with Gasteiger partial charge in [0.05, 0.1) is 24.9 Å². The topological polar surface area (TPSA) is 71.0 Å². The lowest BCUT2D eigenvalue weighted by Crippen LogP contribution is -2.42. The van der Waals surface area contributed by atoms with Gasteiger partial charge in [0.15, 0.2) is 17.5 Å². The highest BCUT2D eigenvalue weighted by atomic mass is 127. The molecule has 1 fully saturated rings. The average molecular weight is 574 g/mol. The molecule has 0 amide bonds. The summed E-state index contributed by atoms with van der Waals surface area (Å²) in [6.45, 7) is 7.01. The molecule has 2 N–H and O–H groups in total. The van der Waals surface area contributed by atoms with Crippen LogP contribution < -0.4 is 20.1 Å². The number of hydrogen-bond acceptors (Lipinski definition) is 6. The summed E-state index contributed by atoms with van der Waals surface area (Å²) >= 11 is 1.78. The molecule has 0 aliphatic carbocycles. The van der Waals surface area contributed by atoms with Gasteiger partial charge in [0.25, 0.3) is 0 Å². The normalized spacial score (nSPS) is 15.2. The van der Waals surface area contributed by atoms with Crippen LogP contribution in [0.4, 0.5) is 0 Å². The highest BCUT2D eigenvalue weighted by molar-refractivity contribution is 14.0. The van der Waals surface area contributed by atoms with Gasteiger partial charge in [-0.25, -0.2) is 4.98 Å². The van der Waals surface area contributed by atoms with Gasteiger partial charge in [-0.1, -0.05) is 13.0 Å². The van der Waals surface area contributed by atoms with E-state index in [-0.39, 0.29) is 24.0 Å². The maximum Gasteiger partial charge on any atom is 0.191 e. The zero-order chi connectivity index (χ0) is 22.1. The fourth-order valence-corrected chi connectivity index (χ4v) is 4.54. The van der Waals surface area contributed by atoms with Crippen molar-refractivity contribution in [2.45, 2.75) is 39.3 Å². The predicted molar refractivity (Wildman–Crippen MR) is 143 cm³/mol. The first-order valence-electron chi connectivity index (χ1n) is 11.0. The lowest BCUT2D eigenvalue weighted by Gasteiger charge is -2.31. The zero-order valence-corrected chi connectivity index (χ0v) is 22.7. The van der Waals surface area contributed by atoms with E-state index in [1.54, 1.807) is 25.6 Å². The number of likely N-dealkylation sites (tertiary alicyclic amines) is 1. The Bertz CT molecular complexity index is 853. The van der Waals surface area contributed by atoms with Gasteiger partial charge in [-0.05, 0) is 56.0 Å². The first-order valence-corrected chi connectivity index (χ1v) is 11.8. The van der Waals surface area contributed by atoms with Gasteiger partial charge < -0.3 is 20.1 Å². The predicted octanol–water partition coefficient (Wildman–Crippen LogP) is 3.92. The molecule has 7 nitrogen and oxygen atoms in total. The smallest absolute Gasteiger partial charge is 0.191 e. The molecule has 3 rings (SSSR count). The second-order valence-corrected chi connectivity index (χ2v) is 8.74. The van der Waals surface area contributed by atoms with Crippen LogP contribution in [-0.2, 0) is 19.5 Å². The summed E-state index contributed by atoms with van der Waals surface area (Å²) in [6, 6.07) is 5.94. The molecular weight excluding hydrogens is 537 g/mol. The van der Waals surface area contributed by atoms with E-state index in [0.717, 1.165) is 55.6 Å². The Balaban J connectivity index is 0.00000363. The van der Waals surface area contributed by atoms with E-state index >= 15 is 0 Å². The largest absolute Gasteiger partial charge is 0.493 e. The number of hydrogen-bond donors (Lipinski definition) is 2. The van der Waals surface area contributed by atoms with Gasteiger partial charge in [-0.3, -0.25) is 9.89 Å². The number of guanidine groups is 1. The van der Waals surface area contributed by atoms with Crippen molar-refractivity contribution in [3.8, 4) is 11.5 Å². The van der Waals surface area contributed by atoms with Gasteiger partial charge >= 0.3 is 0 Å². The molecule has 0 atom stereocenters. The van der Waals surface area contributed by atoms with Crippen molar-refractivity contribution in [1.82, 2.24) is 20.5 Å². The minimum absolute atomic E-state index is 0. The maximum absolute atomic E-state index is 5.38. The Morgan fingerprint density at radius 2 is 1.94 bits per heavy atom. The molecule has 1 aliphatic rings. The van der Waals surface area contributed by atoms with Crippen LogP contribution in [0.3, 0.4) is 0 Å². The number of rotatable bonds is 9. The van der Waals surface area contributed by atoms with Crippen LogP contribution in [0.5, 0.6) is 11.5 Å². The van der Waals surface area contributed by atoms with Crippen molar-refractivity contribution in [2.24, 2.45) is 10.9 Å². The number of aliphatic imine (C=N–C) groups is 1. The van der Waals surface area contributed by atoms with Gasteiger partial charge in [0.1, 0.15) is 0 Å². The summed E-state index contributed by atoms with van der Waals surface area (Å²) in [5.41, 5.74) is 2.33. The zero-order valence-electron chi connectivity index (χ0n) is 19.5. The molecule has 32 heavy (non-hydrogen) atoms. The number of methoxy groups -OCH3 is 2. The van der Waals surface area contributed by atoms with Crippen molar-refractivity contribution in [3.05, 3.63) is 39.8 Å². The minimum Gasteiger partial charge on any atom is -0.493 e. The molecule has 9 heteroatoms. The van der Waals surface area contributed by atoms with Gasteiger partial charge in [-0.15, -0.1) is 35.3 Å². The van der Waals surface area contributed by atoms with Crippen molar-refractivity contribution in [1.29, 1.82) is 0 Å². The summed E-state index contributed by atoms with van der Waals surface area (Å²) in [6.07, 6.45) is 3.43. The van der Waals surface area contributed by atoms with E-state index in [2.05, 4.69) is 32.8 Å². The van der Waals surface area contributed by atoms with E-state index < -0.39 is 0 Å². The second-order valence-electron chi connectivity index (χ2n) is 7.80. The van der Waals surface area contributed by atoms with E-state index in [0.29, 0.717) is 12.5 Å². The van der Waals surface area contributed by atoms with E-state index in [4.69, 9.17) is 14.5 Å². The van der Waals surface area contributed by atoms with Gasteiger partial charge in [-0.2, -0.15) is 0 Å². The lowest BCUT2D eigenvalue weighted by molar-refractivity contribution is 0.176. The fourth-order valence-electron chi connectivity index (χ4n) is 3.80. The Morgan fingerprint density at radius 1 is 1.19 bits per heavy atom. The monoisotopic (exact) mass is 573 g/mol. The molecule has 0 spiro atoms. The highest BCUT2D eigenvalue weighted by Crippen LogP contribution is 2.27. The molecule has 2 heterocycles. The Hall–Kier alpha value is -1.59. The summed E-state index contributed by atoms with van der Waals surface area (Å²) in [5.74, 6) is 2.96. The third kappa shape index (κ3) is 7.77. The molecule has 1 aromatic heterocycles. The average Bonchev–Trinajstić information content (AvgIpc) is 3.27. The van der Waals surface area contributed by atoms with Gasteiger partial charge in [0, 0.05) is 32.1 Å². The Morgan fingerprint density at radius 3 is 2.56 bits per heavy atom. The number of benzene rings is 1. The van der Waals surface area contributed by atoms with Crippen LogP contribution in [0.25, 0.3) is 0 Å². The van der Waals surface area contributed by atoms with Crippen LogP contribution in [-0.4, -0.2) is 56.7 Å². The molecule has 0 saturated carbocycles. The van der Waals surface area contributed by atoms with Crippen LogP contribution in [0.2, 0.25) is 0 Å². The first-order chi connectivity index (χ1) is 15.1. The summed E-state index contributed by atoms with van der Waals surface area (Å²) in [5, 5.41) is 10.3. The number of aromatic nitrogens is 1. The highest BCUT2D eigenvalue weighted by Gasteiger charge is 2.20. The third-order valence-electron chi connectivity index (χ3n) is 5.68.